The number of carboxylic acids is 1. The molecular weight excluding hydrogens is 254 g/mol. The lowest BCUT2D eigenvalue weighted by Crippen LogP contribution is -1.94. The lowest BCUT2D eigenvalue weighted by Gasteiger charge is -2.07. The zero-order valence-electron chi connectivity index (χ0n) is 11.6. The molecule has 4 nitrogen and oxygen atoms in total. The molecule has 1 heterocycles. The fourth-order valence-electron chi connectivity index (χ4n) is 2.74. The van der Waals surface area contributed by atoms with Crippen LogP contribution in [0.5, 0.6) is 5.75 Å². The van der Waals surface area contributed by atoms with Gasteiger partial charge in [0.2, 0.25) is 0 Å². The van der Waals surface area contributed by atoms with Gasteiger partial charge in [-0.1, -0.05) is 6.07 Å². The standard InChI is InChI=1S/C16H17NO3/c1-17-9-12(11(8-15(18)19)10-6-7-10)16-13(17)4-3-5-14(16)20-2/h3-5,8-10H,6-7H2,1-2H3,(H,18,19)/b11-8+. The molecule has 0 atom stereocenters. The summed E-state index contributed by atoms with van der Waals surface area (Å²) in [5.74, 6) is 0.260. The van der Waals surface area contributed by atoms with Crippen LogP contribution in [0.3, 0.4) is 0 Å². The van der Waals surface area contributed by atoms with Gasteiger partial charge in [-0.2, -0.15) is 0 Å². The van der Waals surface area contributed by atoms with Gasteiger partial charge in [0.1, 0.15) is 5.75 Å². The zero-order valence-corrected chi connectivity index (χ0v) is 11.6. The summed E-state index contributed by atoms with van der Waals surface area (Å²) in [6.45, 7) is 0. The van der Waals surface area contributed by atoms with Gasteiger partial charge < -0.3 is 14.4 Å². The highest BCUT2D eigenvalue weighted by Crippen LogP contribution is 2.45. The third-order valence-corrected chi connectivity index (χ3v) is 3.80. The summed E-state index contributed by atoms with van der Waals surface area (Å²) in [5.41, 5.74) is 2.94. The van der Waals surface area contributed by atoms with Gasteiger partial charge in [-0.25, -0.2) is 4.79 Å². The minimum absolute atomic E-state index is 0.363. The van der Waals surface area contributed by atoms with Gasteiger partial charge in [-0.15, -0.1) is 0 Å². The molecule has 2 aromatic rings. The minimum atomic E-state index is -0.890. The Balaban J connectivity index is 2.27. The third kappa shape index (κ3) is 2.07. The predicted octanol–water partition coefficient (Wildman–Crippen LogP) is 3.06. The van der Waals surface area contributed by atoms with Crippen LogP contribution in [0.1, 0.15) is 18.4 Å². The molecule has 1 aromatic carbocycles. The summed E-state index contributed by atoms with van der Waals surface area (Å²) in [4.78, 5) is 11.1. The van der Waals surface area contributed by atoms with E-state index in [0.717, 1.165) is 40.6 Å². The number of methoxy groups -OCH3 is 1. The van der Waals surface area contributed by atoms with Gasteiger partial charge in [-0.05, 0) is 36.5 Å². The molecule has 0 unspecified atom stereocenters. The van der Waals surface area contributed by atoms with Crippen LogP contribution >= 0.6 is 0 Å². The van der Waals surface area contributed by atoms with Crippen molar-refractivity contribution in [1.29, 1.82) is 0 Å². The fourth-order valence-corrected chi connectivity index (χ4v) is 2.74. The molecule has 104 valence electrons. The fraction of sp³-hybridized carbons (Fsp3) is 0.312. The topological polar surface area (TPSA) is 51.5 Å². The number of allylic oxidation sites excluding steroid dienone is 1. The van der Waals surface area contributed by atoms with Crippen molar-refractivity contribution in [3.8, 4) is 5.75 Å². The number of fused-ring (bicyclic) bond motifs is 1. The first-order chi connectivity index (χ1) is 9.61. The summed E-state index contributed by atoms with van der Waals surface area (Å²) in [6.07, 6.45) is 5.47. The molecule has 0 amide bonds. The molecule has 1 aromatic heterocycles. The average molecular weight is 271 g/mol. The molecule has 1 saturated carbocycles. The number of benzene rings is 1. The Morgan fingerprint density at radius 1 is 1.45 bits per heavy atom. The van der Waals surface area contributed by atoms with Crippen molar-refractivity contribution in [2.24, 2.45) is 13.0 Å². The first-order valence-corrected chi connectivity index (χ1v) is 6.68. The quantitative estimate of drug-likeness (QED) is 0.869. The van der Waals surface area contributed by atoms with Crippen LogP contribution in [0.4, 0.5) is 0 Å². The minimum Gasteiger partial charge on any atom is -0.496 e. The lowest BCUT2D eigenvalue weighted by molar-refractivity contribution is -0.131. The molecular formula is C16H17NO3. The summed E-state index contributed by atoms with van der Waals surface area (Å²) < 4.78 is 7.47. The molecule has 1 N–H and O–H groups in total. The first kappa shape index (κ1) is 12.8. The number of carboxylic acid groups (broad SMARTS) is 1. The molecule has 4 heteroatoms. The number of ether oxygens (including phenoxy) is 1. The Bertz CT molecular complexity index is 708. The largest absolute Gasteiger partial charge is 0.496 e. The third-order valence-electron chi connectivity index (χ3n) is 3.80. The van der Waals surface area contributed by atoms with Crippen LogP contribution in [0, 0.1) is 5.92 Å². The average Bonchev–Trinajstić information content (AvgIpc) is 3.21. The van der Waals surface area contributed by atoms with Gasteiger partial charge in [-0.3, -0.25) is 0 Å². The lowest BCUT2D eigenvalue weighted by atomic mass is 10.00. The second-order valence-corrected chi connectivity index (χ2v) is 5.22. The maximum Gasteiger partial charge on any atom is 0.328 e. The van der Waals surface area contributed by atoms with Crippen molar-refractivity contribution in [2.45, 2.75) is 12.8 Å². The molecule has 0 spiro atoms. The van der Waals surface area contributed by atoms with E-state index in [1.807, 2.05) is 36.0 Å². The molecule has 0 saturated heterocycles. The van der Waals surface area contributed by atoms with Gasteiger partial charge in [0.25, 0.3) is 0 Å². The van der Waals surface area contributed by atoms with Gasteiger partial charge in [0.05, 0.1) is 12.6 Å². The smallest absolute Gasteiger partial charge is 0.328 e. The molecule has 0 aliphatic heterocycles. The van der Waals surface area contributed by atoms with Crippen molar-refractivity contribution < 1.29 is 14.6 Å². The second-order valence-electron chi connectivity index (χ2n) is 5.22. The molecule has 1 fully saturated rings. The van der Waals surface area contributed by atoms with Crippen LogP contribution in [0.15, 0.2) is 30.5 Å². The molecule has 1 aliphatic carbocycles. The van der Waals surface area contributed by atoms with E-state index in [1.165, 1.54) is 6.08 Å². The number of carbonyl (C=O) groups is 1. The maximum atomic E-state index is 11.1. The van der Waals surface area contributed by atoms with Gasteiger partial charge in [0.15, 0.2) is 0 Å². The van der Waals surface area contributed by atoms with E-state index in [2.05, 4.69) is 0 Å². The monoisotopic (exact) mass is 271 g/mol. The second kappa shape index (κ2) is 4.71. The first-order valence-electron chi connectivity index (χ1n) is 6.68. The number of aliphatic carboxylic acids is 1. The van der Waals surface area contributed by atoms with Gasteiger partial charge in [0, 0.05) is 30.3 Å². The van der Waals surface area contributed by atoms with Crippen LogP contribution in [0.25, 0.3) is 16.5 Å². The van der Waals surface area contributed by atoms with Gasteiger partial charge >= 0.3 is 5.97 Å². The molecule has 0 radical (unpaired) electrons. The van der Waals surface area contributed by atoms with E-state index < -0.39 is 5.97 Å². The number of hydrogen-bond donors (Lipinski definition) is 1. The Morgan fingerprint density at radius 3 is 2.80 bits per heavy atom. The SMILES string of the molecule is COc1cccc2c1c(/C(=C/C(=O)O)C1CC1)cn2C. The summed E-state index contributed by atoms with van der Waals surface area (Å²) in [7, 11) is 3.61. The molecule has 1 aliphatic rings. The van der Waals surface area contributed by atoms with E-state index in [4.69, 9.17) is 9.84 Å². The molecule has 0 bridgehead atoms. The van der Waals surface area contributed by atoms with Crippen molar-refractivity contribution >= 4 is 22.4 Å². The van der Waals surface area contributed by atoms with Crippen molar-refractivity contribution in [3.63, 3.8) is 0 Å². The van der Waals surface area contributed by atoms with Crippen LogP contribution in [-0.4, -0.2) is 22.8 Å². The Morgan fingerprint density at radius 2 is 2.20 bits per heavy atom. The normalized spacial score (nSPS) is 15.6. The Labute approximate surface area is 117 Å². The van der Waals surface area contributed by atoms with Crippen LogP contribution in [0.2, 0.25) is 0 Å². The highest BCUT2D eigenvalue weighted by molar-refractivity contribution is 6.02. The zero-order chi connectivity index (χ0) is 14.3. The van der Waals surface area contributed by atoms with E-state index in [-0.39, 0.29) is 0 Å². The molecule has 3 rings (SSSR count). The number of aromatic nitrogens is 1. The number of nitrogens with zero attached hydrogens (tertiary/aromatic N) is 1. The van der Waals surface area contributed by atoms with Crippen molar-refractivity contribution in [2.75, 3.05) is 7.11 Å². The summed E-state index contributed by atoms with van der Waals surface area (Å²) in [6, 6.07) is 5.88. The van der Waals surface area contributed by atoms with E-state index in [9.17, 15) is 4.79 Å². The molecule has 20 heavy (non-hydrogen) atoms. The predicted molar refractivity (Wildman–Crippen MR) is 77.8 cm³/mol. The summed E-state index contributed by atoms with van der Waals surface area (Å²) in [5, 5.41) is 10.1. The van der Waals surface area contributed by atoms with Crippen molar-refractivity contribution in [1.82, 2.24) is 4.57 Å². The van der Waals surface area contributed by atoms with E-state index in [1.54, 1.807) is 7.11 Å². The van der Waals surface area contributed by atoms with E-state index in [0.29, 0.717) is 5.92 Å². The van der Waals surface area contributed by atoms with Crippen LogP contribution < -0.4 is 4.74 Å². The Hall–Kier alpha value is -2.23. The maximum absolute atomic E-state index is 11.1. The Kier molecular flexibility index (Phi) is 3.01. The highest BCUT2D eigenvalue weighted by atomic mass is 16.5. The van der Waals surface area contributed by atoms with Crippen molar-refractivity contribution in [3.05, 3.63) is 36.0 Å². The van der Waals surface area contributed by atoms with E-state index >= 15 is 0 Å². The van der Waals surface area contributed by atoms with Crippen LogP contribution in [-0.2, 0) is 11.8 Å². The highest BCUT2D eigenvalue weighted by Gasteiger charge is 2.30. The summed E-state index contributed by atoms with van der Waals surface area (Å²) >= 11 is 0. The number of rotatable bonds is 4. The number of aryl methyl sites for hydroxylation is 1. The number of hydrogen-bond acceptors (Lipinski definition) is 2.